The van der Waals surface area contributed by atoms with E-state index in [1.807, 2.05) is 13.8 Å². The van der Waals surface area contributed by atoms with Crippen LogP contribution in [-0.2, 0) is 28.7 Å². The zero-order valence-corrected chi connectivity index (χ0v) is 20.4. The van der Waals surface area contributed by atoms with Gasteiger partial charge in [0.05, 0.1) is 0 Å². The number of carbonyl (C=O) groups is 4. The van der Waals surface area contributed by atoms with E-state index in [1.165, 1.54) is 13.8 Å². The maximum Gasteiger partial charge on any atom is 0.303 e. The summed E-state index contributed by atoms with van der Waals surface area (Å²) in [4.78, 5) is 50.4. The largest absolute Gasteiger partial charge is 0.458 e. The molecule has 0 radical (unpaired) electrons. The summed E-state index contributed by atoms with van der Waals surface area (Å²) in [6, 6.07) is 0. The van der Waals surface area contributed by atoms with Crippen LogP contribution in [0.2, 0.25) is 0 Å². The van der Waals surface area contributed by atoms with Crippen molar-refractivity contribution in [1.82, 2.24) is 0 Å². The molecule has 0 saturated heterocycles. The van der Waals surface area contributed by atoms with Crippen LogP contribution in [0.1, 0.15) is 80.6 Å². The van der Waals surface area contributed by atoms with Gasteiger partial charge in [0.15, 0.2) is 5.78 Å². The lowest BCUT2D eigenvalue weighted by Crippen LogP contribution is -2.71. The Balaban J connectivity index is 1.99. The Kier molecular flexibility index (Phi) is 5.08. The van der Waals surface area contributed by atoms with Gasteiger partial charge in [0, 0.05) is 43.4 Å². The summed E-state index contributed by atoms with van der Waals surface area (Å²) >= 11 is 0. The van der Waals surface area contributed by atoms with Gasteiger partial charge in [0.2, 0.25) is 0 Å². The molecule has 0 bridgehead atoms. The summed E-state index contributed by atoms with van der Waals surface area (Å²) in [5.74, 6) is -0.855. The Bertz CT molecular complexity index is 931. The molecule has 7 atom stereocenters. The predicted molar refractivity (Wildman–Crippen MR) is 117 cm³/mol. The van der Waals surface area contributed by atoms with Gasteiger partial charge in [-0.2, -0.15) is 0 Å². The highest BCUT2D eigenvalue weighted by atomic mass is 16.6. The summed E-state index contributed by atoms with van der Waals surface area (Å²) < 4.78 is 12.0. The molecule has 0 aromatic heterocycles. The van der Waals surface area contributed by atoms with Crippen LogP contribution in [0.25, 0.3) is 0 Å². The van der Waals surface area contributed by atoms with Gasteiger partial charge in [-0.25, -0.2) is 0 Å². The van der Waals surface area contributed by atoms with Crippen molar-refractivity contribution in [3.63, 3.8) is 0 Å². The minimum atomic E-state index is -0.763. The second-order valence-corrected chi connectivity index (χ2v) is 11.9. The van der Waals surface area contributed by atoms with Gasteiger partial charge in [-0.05, 0) is 42.1 Å². The van der Waals surface area contributed by atoms with Crippen LogP contribution in [-0.4, -0.2) is 35.7 Å². The molecule has 32 heavy (non-hydrogen) atoms. The third-order valence-electron chi connectivity index (χ3n) is 9.52. The van der Waals surface area contributed by atoms with Gasteiger partial charge >= 0.3 is 11.9 Å². The molecule has 0 heterocycles. The number of Topliss-reactive ketones (excluding diaryl/α,β-unsaturated/α-hetero) is 1. The van der Waals surface area contributed by atoms with E-state index in [0.717, 1.165) is 18.4 Å². The zero-order valence-electron chi connectivity index (χ0n) is 20.4. The van der Waals surface area contributed by atoms with Gasteiger partial charge < -0.3 is 9.47 Å². The smallest absolute Gasteiger partial charge is 0.303 e. The van der Waals surface area contributed by atoms with Crippen molar-refractivity contribution >= 4 is 23.5 Å². The fourth-order valence-electron chi connectivity index (χ4n) is 8.45. The standard InChI is InChI=1S/C26H36O6/c1-14(27)31-20-21-23(3,4)19(30)9-11-25(21,6)17-8-10-24(5)13-16(29)12-18(24)26(17,7)22(20)32-15(2)28/h12,17,20-22H,8-11,13H2,1-7H3/t17-,20-,21+,22-,24+,25-,26-/m1/s1. The monoisotopic (exact) mass is 444 g/mol. The summed E-state index contributed by atoms with van der Waals surface area (Å²) in [6.45, 7) is 13.0. The SMILES string of the molecule is CC(=O)O[C@H]1[C@@H](OC(C)=O)[C@@]2(C)C3=CC(=O)C[C@]3(C)CC[C@@H]2[C@@]2(C)CCC(=O)C(C)(C)[C@H]12. The van der Waals surface area contributed by atoms with E-state index < -0.39 is 35.0 Å². The lowest BCUT2D eigenvalue weighted by molar-refractivity contribution is -0.252. The molecule has 6 nitrogen and oxygen atoms in total. The van der Waals surface area contributed by atoms with Crippen molar-refractivity contribution in [2.75, 3.05) is 0 Å². The molecule has 0 amide bonds. The molecular weight excluding hydrogens is 408 g/mol. The van der Waals surface area contributed by atoms with E-state index in [0.29, 0.717) is 19.3 Å². The lowest BCUT2D eigenvalue weighted by atomic mass is 9.37. The number of ether oxygens (including phenoxy) is 2. The quantitative estimate of drug-likeness (QED) is 0.594. The van der Waals surface area contributed by atoms with E-state index >= 15 is 0 Å². The van der Waals surface area contributed by atoms with Crippen molar-refractivity contribution in [2.45, 2.75) is 92.8 Å². The fourth-order valence-corrected chi connectivity index (χ4v) is 8.45. The molecular formula is C26H36O6. The normalized spacial score (nSPS) is 44.7. The molecule has 3 fully saturated rings. The number of hydrogen-bond acceptors (Lipinski definition) is 6. The summed E-state index contributed by atoms with van der Waals surface area (Å²) in [7, 11) is 0. The van der Waals surface area contributed by atoms with Gasteiger partial charge in [0.1, 0.15) is 18.0 Å². The van der Waals surface area contributed by atoms with Crippen molar-refractivity contribution in [3.8, 4) is 0 Å². The molecule has 0 spiro atoms. The first kappa shape index (κ1) is 23.2. The first-order chi connectivity index (χ1) is 14.7. The second-order valence-electron chi connectivity index (χ2n) is 11.9. The highest BCUT2D eigenvalue weighted by Gasteiger charge is 2.72. The Morgan fingerprint density at radius 2 is 1.59 bits per heavy atom. The zero-order chi connectivity index (χ0) is 23.9. The molecule has 0 aliphatic heterocycles. The number of esters is 2. The molecule has 0 N–H and O–H groups in total. The van der Waals surface area contributed by atoms with Gasteiger partial charge in [-0.15, -0.1) is 0 Å². The number of carbonyl (C=O) groups excluding carboxylic acids is 4. The van der Waals surface area contributed by atoms with Crippen molar-refractivity contribution < 1.29 is 28.7 Å². The predicted octanol–water partition coefficient (Wildman–Crippen LogP) is 4.20. The van der Waals surface area contributed by atoms with Crippen LogP contribution in [0.4, 0.5) is 0 Å². The molecule has 0 aromatic carbocycles. The van der Waals surface area contributed by atoms with Gasteiger partial charge in [-0.3, -0.25) is 19.2 Å². The van der Waals surface area contributed by atoms with Crippen LogP contribution < -0.4 is 0 Å². The average Bonchev–Trinajstić information content (AvgIpc) is 2.96. The van der Waals surface area contributed by atoms with Crippen molar-refractivity contribution in [2.24, 2.45) is 33.5 Å². The molecule has 4 rings (SSSR count). The highest BCUT2D eigenvalue weighted by Crippen LogP contribution is 2.72. The van der Waals surface area contributed by atoms with E-state index in [2.05, 4.69) is 20.8 Å². The maximum absolute atomic E-state index is 13.1. The van der Waals surface area contributed by atoms with E-state index in [9.17, 15) is 19.2 Å². The Labute approximate surface area is 190 Å². The third kappa shape index (κ3) is 2.97. The first-order valence-electron chi connectivity index (χ1n) is 11.8. The van der Waals surface area contributed by atoms with E-state index in [-0.39, 0.29) is 34.2 Å². The number of fused-ring (bicyclic) bond motifs is 5. The summed E-state index contributed by atoms with van der Waals surface area (Å²) in [5.41, 5.74) is -0.967. The first-order valence-corrected chi connectivity index (χ1v) is 11.8. The lowest BCUT2D eigenvalue weighted by Gasteiger charge is -2.68. The van der Waals surface area contributed by atoms with Crippen LogP contribution in [0.15, 0.2) is 11.6 Å². The van der Waals surface area contributed by atoms with Crippen LogP contribution in [0.5, 0.6) is 0 Å². The van der Waals surface area contributed by atoms with Gasteiger partial charge in [0.25, 0.3) is 0 Å². The van der Waals surface area contributed by atoms with Crippen LogP contribution in [0, 0.1) is 33.5 Å². The number of ketones is 2. The molecule has 3 saturated carbocycles. The van der Waals surface area contributed by atoms with E-state index in [1.54, 1.807) is 6.08 Å². The average molecular weight is 445 g/mol. The van der Waals surface area contributed by atoms with Crippen LogP contribution >= 0.6 is 0 Å². The number of allylic oxidation sites excluding steroid dienone is 1. The number of hydrogen-bond donors (Lipinski definition) is 0. The van der Waals surface area contributed by atoms with Crippen molar-refractivity contribution in [3.05, 3.63) is 11.6 Å². The van der Waals surface area contributed by atoms with E-state index in [4.69, 9.17) is 9.47 Å². The molecule has 4 aliphatic rings. The molecule has 6 heteroatoms. The molecule has 0 unspecified atom stereocenters. The highest BCUT2D eigenvalue weighted by molar-refractivity contribution is 5.95. The Hall–Kier alpha value is -1.98. The molecule has 176 valence electrons. The van der Waals surface area contributed by atoms with Crippen LogP contribution in [0.3, 0.4) is 0 Å². The fraction of sp³-hybridized carbons (Fsp3) is 0.769. The minimum Gasteiger partial charge on any atom is -0.458 e. The van der Waals surface area contributed by atoms with Gasteiger partial charge in [-0.1, -0.05) is 40.2 Å². The third-order valence-corrected chi connectivity index (χ3v) is 9.52. The maximum atomic E-state index is 13.1. The molecule has 0 aromatic rings. The summed E-state index contributed by atoms with van der Waals surface area (Å²) in [5, 5.41) is 0. The summed E-state index contributed by atoms with van der Waals surface area (Å²) in [6.07, 6.45) is 3.63. The minimum absolute atomic E-state index is 0.0914. The Morgan fingerprint density at radius 3 is 2.19 bits per heavy atom. The molecule has 4 aliphatic carbocycles. The Morgan fingerprint density at radius 1 is 0.969 bits per heavy atom. The topological polar surface area (TPSA) is 86.7 Å². The van der Waals surface area contributed by atoms with Crippen molar-refractivity contribution in [1.29, 1.82) is 0 Å². The number of rotatable bonds is 2. The second kappa shape index (κ2) is 7.01.